The Balaban J connectivity index is 0.00000264. The van der Waals surface area contributed by atoms with Crippen LogP contribution >= 0.6 is 35.3 Å². The molecule has 0 amide bonds. The zero-order valence-electron chi connectivity index (χ0n) is 14.0. The number of nitrogens with zero attached hydrogens (tertiary/aromatic N) is 5. The number of guanidine groups is 1. The van der Waals surface area contributed by atoms with Crippen molar-refractivity contribution in [2.24, 2.45) is 12.0 Å². The van der Waals surface area contributed by atoms with Gasteiger partial charge in [0, 0.05) is 38.1 Å². The fourth-order valence-corrected chi connectivity index (χ4v) is 2.77. The number of aryl methyl sites for hydroxylation is 2. The summed E-state index contributed by atoms with van der Waals surface area (Å²) in [6.45, 7) is 5.47. The van der Waals surface area contributed by atoms with Crippen LogP contribution in [0.15, 0.2) is 11.2 Å². The Bertz CT molecular complexity index is 635. The molecule has 7 nitrogen and oxygen atoms in total. The van der Waals surface area contributed by atoms with Gasteiger partial charge in [0.2, 0.25) is 0 Å². The number of nitrogens with one attached hydrogen (secondary N) is 2. The molecule has 0 radical (unpaired) electrons. The molecule has 0 fully saturated rings. The molecule has 0 aromatic carbocycles. The monoisotopic (exact) mass is 449 g/mol. The first-order valence-corrected chi connectivity index (χ1v) is 8.18. The van der Waals surface area contributed by atoms with Crippen molar-refractivity contribution in [3.63, 3.8) is 0 Å². The van der Waals surface area contributed by atoms with E-state index in [4.69, 9.17) is 0 Å². The van der Waals surface area contributed by atoms with E-state index >= 15 is 0 Å². The van der Waals surface area contributed by atoms with Gasteiger partial charge in [0.25, 0.3) is 0 Å². The second kappa shape index (κ2) is 9.81. The SMILES string of the molecule is CCc1cnc(CCNC(=NC)NCc2nnc(C)n2C)s1.I. The van der Waals surface area contributed by atoms with Crippen molar-refractivity contribution in [1.82, 2.24) is 30.4 Å². The lowest BCUT2D eigenvalue weighted by atomic mass is 10.4. The zero-order valence-corrected chi connectivity index (χ0v) is 17.1. The lowest BCUT2D eigenvalue weighted by Crippen LogP contribution is -2.38. The van der Waals surface area contributed by atoms with Crippen LogP contribution in [-0.4, -0.2) is 39.3 Å². The van der Waals surface area contributed by atoms with Crippen LogP contribution in [0.25, 0.3) is 0 Å². The van der Waals surface area contributed by atoms with E-state index in [9.17, 15) is 0 Å². The highest BCUT2D eigenvalue weighted by molar-refractivity contribution is 14.0. The summed E-state index contributed by atoms with van der Waals surface area (Å²) in [5.74, 6) is 2.54. The molecule has 128 valence electrons. The summed E-state index contributed by atoms with van der Waals surface area (Å²) in [5.41, 5.74) is 0. The predicted octanol–water partition coefficient (Wildman–Crippen LogP) is 1.67. The van der Waals surface area contributed by atoms with Crippen molar-refractivity contribution in [2.75, 3.05) is 13.6 Å². The van der Waals surface area contributed by atoms with Crippen molar-refractivity contribution in [3.05, 3.63) is 27.7 Å². The van der Waals surface area contributed by atoms with Gasteiger partial charge in [-0.15, -0.1) is 45.5 Å². The van der Waals surface area contributed by atoms with Crippen molar-refractivity contribution >= 4 is 41.3 Å². The Hall–Kier alpha value is -1.23. The maximum Gasteiger partial charge on any atom is 0.191 e. The van der Waals surface area contributed by atoms with Gasteiger partial charge in [0.1, 0.15) is 5.82 Å². The fraction of sp³-hybridized carbons (Fsp3) is 0.571. The number of halogens is 1. The van der Waals surface area contributed by atoms with Crippen LogP contribution in [-0.2, 0) is 26.4 Å². The van der Waals surface area contributed by atoms with E-state index in [1.807, 2.05) is 24.7 Å². The average molecular weight is 449 g/mol. The third-order valence-electron chi connectivity index (χ3n) is 3.40. The van der Waals surface area contributed by atoms with Crippen LogP contribution in [0.1, 0.15) is 28.5 Å². The van der Waals surface area contributed by atoms with Crippen molar-refractivity contribution in [3.8, 4) is 0 Å². The van der Waals surface area contributed by atoms with E-state index in [0.717, 1.165) is 42.0 Å². The van der Waals surface area contributed by atoms with Gasteiger partial charge in [-0.25, -0.2) is 4.98 Å². The van der Waals surface area contributed by atoms with E-state index in [-0.39, 0.29) is 24.0 Å². The van der Waals surface area contributed by atoms with Gasteiger partial charge in [-0.1, -0.05) is 6.92 Å². The topological polar surface area (TPSA) is 80.0 Å². The molecule has 0 aliphatic carbocycles. The second-order valence-electron chi connectivity index (χ2n) is 4.90. The third kappa shape index (κ3) is 5.72. The molecule has 0 saturated carbocycles. The molecule has 0 aliphatic heterocycles. The standard InChI is InChI=1S/C14H23N7S.HI/c1-5-11-8-17-13(22-11)6-7-16-14(15-3)18-9-12-20-19-10(2)21(12)4;/h8H,5-7,9H2,1-4H3,(H2,15,16,18);1H. The minimum atomic E-state index is 0. The minimum Gasteiger partial charge on any atom is -0.356 e. The summed E-state index contributed by atoms with van der Waals surface area (Å²) in [6, 6.07) is 0. The van der Waals surface area contributed by atoms with Crippen LogP contribution in [0.5, 0.6) is 0 Å². The third-order valence-corrected chi connectivity index (χ3v) is 4.60. The molecule has 0 spiro atoms. The zero-order chi connectivity index (χ0) is 15.9. The Labute approximate surface area is 158 Å². The number of rotatable bonds is 6. The van der Waals surface area contributed by atoms with Crippen LogP contribution in [0, 0.1) is 6.92 Å². The normalized spacial score (nSPS) is 11.2. The molecule has 0 atom stereocenters. The van der Waals surface area contributed by atoms with Gasteiger partial charge in [0.15, 0.2) is 11.8 Å². The number of thiazole rings is 1. The first-order valence-electron chi connectivity index (χ1n) is 7.37. The molecule has 2 heterocycles. The molecule has 0 aliphatic rings. The van der Waals surface area contributed by atoms with Crippen LogP contribution in [0.3, 0.4) is 0 Å². The molecule has 0 saturated heterocycles. The highest BCUT2D eigenvalue weighted by Crippen LogP contribution is 2.13. The molecule has 2 aromatic heterocycles. The van der Waals surface area contributed by atoms with Gasteiger partial charge in [-0.2, -0.15) is 0 Å². The molecule has 2 N–H and O–H groups in total. The maximum absolute atomic E-state index is 4.41. The van der Waals surface area contributed by atoms with Gasteiger partial charge < -0.3 is 15.2 Å². The molecule has 23 heavy (non-hydrogen) atoms. The van der Waals surface area contributed by atoms with E-state index in [1.165, 1.54) is 4.88 Å². The van der Waals surface area contributed by atoms with Gasteiger partial charge in [-0.05, 0) is 13.3 Å². The number of hydrogen-bond donors (Lipinski definition) is 2. The highest BCUT2D eigenvalue weighted by atomic mass is 127. The summed E-state index contributed by atoms with van der Waals surface area (Å²) in [6.07, 6.45) is 3.91. The Morgan fingerprint density at radius 1 is 1.35 bits per heavy atom. The van der Waals surface area contributed by atoms with E-state index in [0.29, 0.717) is 6.54 Å². The van der Waals surface area contributed by atoms with E-state index < -0.39 is 0 Å². The first-order chi connectivity index (χ1) is 10.6. The molecular weight excluding hydrogens is 425 g/mol. The number of hydrogen-bond acceptors (Lipinski definition) is 5. The fourth-order valence-electron chi connectivity index (χ4n) is 1.90. The Morgan fingerprint density at radius 2 is 2.13 bits per heavy atom. The van der Waals surface area contributed by atoms with Crippen LogP contribution in [0.2, 0.25) is 0 Å². The lowest BCUT2D eigenvalue weighted by molar-refractivity contribution is 0.716. The molecule has 0 bridgehead atoms. The van der Waals surface area contributed by atoms with Gasteiger partial charge in [-0.3, -0.25) is 4.99 Å². The van der Waals surface area contributed by atoms with Gasteiger partial charge in [0.05, 0.1) is 11.6 Å². The smallest absolute Gasteiger partial charge is 0.191 e. The average Bonchev–Trinajstić information content (AvgIpc) is 3.11. The van der Waals surface area contributed by atoms with E-state index in [1.54, 1.807) is 18.4 Å². The molecular formula is C14H24IN7S. The summed E-state index contributed by atoms with van der Waals surface area (Å²) in [5, 5.41) is 15.8. The number of aliphatic imine (C=N–C) groups is 1. The Kier molecular flexibility index (Phi) is 8.45. The largest absolute Gasteiger partial charge is 0.356 e. The second-order valence-corrected chi connectivity index (χ2v) is 6.10. The maximum atomic E-state index is 4.41. The quantitative estimate of drug-likeness (QED) is 0.399. The lowest BCUT2D eigenvalue weighted by Gasteiger charge is -2.11. The summed E-state index contributed by atoms with van der Waals surface area (Å²) < 4.78 is 1.96. The molecule has 2 rings (SSSR count). The highest BCUT2D eigenvalue weighted by Gasteiger charge is 2.06. The van der Waals surface area contributed by atoms with Crippen molar-refractivity contribution in [1.29, 1.82) is 0 Å². The molecule has 9 heteroatoms. The van der Waals surface area contributed by atoms with Crippen LogP contribution < -0.4 is 10.6 Å². The van der Waals surface area contributed by atoms with Crippen LogP contribution in [0.4, 0.5) is 0 Å². The summed E-state index contributed by atoms with van der Waals surface area (Å²) in [7, 11) is 3.71. The van der Waals surface area contributed by atoms with Crippen molar-refractivity contribution < 1.29 is 0 Å². The van der Waals surface area contributed by atoms with Gasteiger partial charge >= 0.3 is 0 Å². The Morgan fingerprint density at radius 3 is 2.70 bits per heavy atom. The van der Waals surface area contributed by atoms with E-state index in [2.05, 4.69) is 37.7 Å². The molecule has 0 unspecified atom stereocenters. The minimum absolute atomic E-state index is 0. The van der Waals surface area contributed by atoms with Crippen molar-refractivity contribution in [2.45, 2.75) is 33.2 Å². The number of aromatic nitrogens is 4. The molecule has 2 aromatic rings. The summed E-state index contributed by atoms with van der Waals surface area (Å²) >= 11 is 1.77. The first kappa shape index (κ1) is 19.8. The predicted molar refractivity (Wildman–Crippen MR) is 105 cm³/mol. The summed E-state index contributed by atoms with van der Waals surface area (Å²) in [4.78, 5) is 9.96.